The summed E-state index contributed by atoms with van der Waals surface area (Å²) in [4.78, 5) is 4.08. The van der Waals surface area contributed by atoms with Gasteiger partial charge in [0.1, 0.15) is 11.5 Å². The van der Waals surface area contributed by atoms with Gasteiger partial charge in [-0.05, 0) is 42.7 Å². The van der Waals surface area contributed by atoms with Crippen LogP contribution in [0.5, 0.6) is 5.75 Å². The van der Waals surface area contributed by atoms with E-state index in [1.807, 2.05) is 12.1 Å². The van der Waals surface area contributed by atoms with Crippen LogP contribution >= 0.6 is 0 Å². The van der Waals surface area contributed by atoms with Crippen LogP contribution < -0.4 is 10.5 Å². The van der Waals surface area contributed by atoms with Crippen LogP contribution in [0.2, 0.25) is 0 Å². The number of fused-ring (bicyclic) bond motifs is 1. The zero-order valence-electron chi connectivity index (χ0n) is 11.0. The molecule has 3 nitrogen and oxygen atoms in total. The minimum absolute atomic E-state index is 0.383. The van der Waals surface area contributed by atoms with Crippen LogP contribution in [0, 0.1) is 5.92 Å². The first kappa shape index (κ1) is 14.2. The highest BCUT2D eigenvalue weighted by Crippen LogP contribution is 2.31. The Labute approximate surface area is 109 Å². The predicted octanol–water partition coefficient (Wildman–Crippen LogP) is 2.85. The third-order valence-electron chi connectivity index (χ3n) is 2.84. The van der Waals surface area contributed by atoms with E-state index in [-0.39, 0.29) is 0 Å². The maximum Gasteiger partial charge on any atom is 0.148 e. The van der Waals surface area contributed by atoms with E-state index in [0.29, 0.717) is 5.92 Å². The van der Waals surface area contributed by atoms with Gasteiger partial charge >= 0.3 is 0 Å². The van der Waals surface area contributed by atoms with E-state index in [4.69, 9.17) is 4.74 Å². The Morgan fingerprint density at radius 2 is 2.11 bits per heavy atom. The number of hydrogen-bond donors (Lipinski definition) is 1. The Kier molecular flexibility index (Phi) is 5.33. The van der Waals surface area contributed by atoms with E-state index < -0.39 is 0 Å². The maximum absolute atomic E-state index is 5.81. The van der Waals surface area contributed by atoms with Gasteiger partial charge in [-0.2, -0.15) is 0 Å². The Morgan fingerprint density at radius 3 is 2.72 bits per heavy atom. The van der Waals surface area contributed by atoms with Gasteiger partial charge in [0, 0.05) is 6.20 Å². The van der Waals surface area contributed by atoms with Crippen LogP contribution in [0.4, 0.5) is 0 Å². The second-order valence-corrected chi connectivity index (χ2v) is 3.92. The molecule has 1 aliphatic rings. The fraction of sp³-hybridized carbons (Fsp3) is 0.267. The molecule has 0 saturated heterocycles. The van der Waals surface area contributed by atoms with E-state index in [0.717, 1.165) is 23.5 Å². The molecule has 0 radical (unpaired) electrons. The molecule has 0 fully saturated rings. The monoisotopic (exact) mass is 244 g/mol. The minimum Gasteiger partial charge on any atom is -0.455 e. The molecule has 0 bridgehead atoms. The number of pyridine rings is 1. The molecule has 2 N–H and O–H groups in total. The molecule has 1 unspecified atom stereocenters. The van der Waals surface area contributed by atoms with Gasteiger partial charge in [-0.3, -0.25) is 4.98 Å². The van der Waals surface area contributed by atoms with Crippen LogP contribution in [-0.4, -0.2) is 12.0 Å². The molecule has 96 valence electrons. The smallest absolute Gasteiger partial charge is 0.148 e. The van der Waals surface area contributed by atoms with E-state index in [1.54, 1.807) is 18.5 Å². The average molecular weight is 244 g/mol. The fourth-order valence-corrected chi connectivity index (χ4v) is 1.99. The zero-order valence-corrected chi connectivity index (χ0v) is 11.0. The maximum atomic E-state index is 5.81. The van der Waals surface area contributed by atoms with E-state index in [1.165, 1.54) is 12.6 Å². The quantitative estimate of drug-likeness (QED) is 0.870. The minimum atomic E-state index is 0.383. The topological polar surface area (TPSA) is 48.1 Å². The summed E-state index contributed by atoms with van der Waals surface area (Å²) < 4.78 is 5.81. The summed E-state index contributed by atoms with van der Waals surface area (Å²) in [5.74, 6) is 1.99. The third kappa shape index (κ3) is 2.87. The Hall–Kier alpha value is -1.87. The molecule has 0 aliphatic carbocycles. The van der Waals surface area contributed by atoms with Gasteiger partial charge in [-0.15, -0.1) is 0 Å². The number of nitrogens with zero attached hydrogens (tertiary/aromatic N) is 1. The van der Waals surface area contributed by atoms with Gasteiger partial charge in [-0.1, -0.05) is 26.2 Å². The zero-order chi connectivity index (χ0) is 13.5. The van der Waals surface area contributed by atoms with E-state index >= 15 is 0 Å². The molecule has 3 heteroatoms. The number of nitrogens with two attached hydrogens (primary N) is 1. The van der Waals surface area contributed by atoms with Crippen molar-refractivity contribution in [1.29, 1.82) is 0 Å². The summed E-state index contributed by atoms with van der Waals surface area (Å²) in [5, 5.41) is 0. The van der Waals surface area contributed by atoms with Gasteiger partial charge in [0.25, 0.3) is 0 Å². The molecular weight excluding hydrogens is 224 g/mol. The van der Waals surface area contributed by atoms with Crippen LogP contribution in [0.1, 0.15) is 12.5 Å². The van der Waals surface area contributed by atoms with Crippen molar-refractivity contribution in [2.75, 3.05) is 7.05 Å². The second kappa shape index (κ2) is 6.77. The van der Waals surface area contributed by atoms with Gasteiger partial charge < -0.3 is 10.5 Å². The lowest BCUT2D eigenvalue weighted by Gasteiger charge is -2.10. The number of rotatable bonds is 2. The van der Waals surface area contributed by atoms with Crippen molar-refractivity contribution in [3.05, 3.63) is 60.7 Å². The number of hydrogen-bond acceptors (Lipinski definition) is 3. The van der Waals surface area contributed by atoms with Crippen molar-refractivity contribution < 1.29 is 4.74 Å². The molecule has 1 aromatic heterocycles. The van der Waals surface area contributed by atoms with E-state index in [2.05, 4.69) is 30.8 Å². The number of ether oxygens (including phenoxy) is 1. The lowest BCUT2D eigenvalue weighted by atomic mass is 9.93. The van der Waals surface area contributed by atoms with Gasteiger partial charge in [-0.25, -0.2) is 0 Å². The molecular formula is C15H20N2O. The van der Waals surface area contributed by atoms with Gasteiger partial charge in [0.15, 0.2) is 0 Å². The molecule has 0 saturated carbocycles. The van der Waals surface area contributed by atoms with Crippen molar-refractivity contribution in [3.63, 3.8) is 0 Å². The first-order chi connectivity index (χ1) is 8.76. The Balaban J connectivity index is 0.000000771. The first-order valence-corrected chi connectivity index (χ1v) is 5.93. The molecule has 0 spiro atoms. The van der Waals surface area contributed by atoms with Gasteiger partial charge in [0.2, 0.25) is 0 Å². The molecule has 0 aromatic carbocycles. The highest BCUT2D eigenvalue weighted by atomic mass is 16.5. The summed E-state index contributed by atoms with van der Waals surface area (Å²) in [6.07, 6.45) is 8.06. The van der Waals surface area contributed by atoms with Crippen molar-refractivity contribution >= 4 is 0 Å². The van der Waals surface area contributed by atoms with Crippen LogP contribution in [0.25, 0.3) is 0 Å². The molecule has 2 rings (SSSR count). The molecule has 0 amide bonds. The Morgan fingerprint density at radius 1 is 1.39 bits per heavy atom. The summed E-state index contributed by atoms with van der Waals surface area (Å²) in [6.45, 7) is 9.78. The van der Waals surface area contributed by atoms with Gasteiger partial charge in [0.05, 0.1) is 6.20 Å². The van der Waals surface area contributed by atoms with Crippen LogP contribution in [0.15, 0.2) is 55.1 Å². The predicted molar refractivity (Wildman–Crippen MR) is 75.3 cm³/mol. The SMILES string of the molecule is C=CC1=C(C=C)C(C)Cc2ccncc2O1.CN. The highest BCUT2D eigenvalue weighted by molar-refractivity contribution is 5.41. The second-order valence-electron chi connectivity index (χ2n) is 3.92. The Bertz CT molecular complexity index is 463. The van der Waals surface area contributed by atoms with Crippen molar-refractivity contribution in [2.24, 2.45) is 11.7 Å². The van der Waals surface area contributed by atoms with Crippen molar-refractivity contribution in [1.82, 2.24) is 4.98 Å². The van der Waals surface area contributed by atoms with Crippen LogP contribution in [-0.2, 0) is 6.42 Å². The van der Waals surface area contributed by atoms with E-state index in [9.17, 15) is 0 Å². The third-order valence-corrected chi connectivity index (χ3v) is 2.84. The molecule has 18 heavy (non-hydrogen) atoms. The summed E-state index contributed by atoms with van der Waals surface area (Å²) in [7, 11) is 1.50. The largest absolute Gasteiger partial charge is 0.455 e. The summed E-state index contributed by atoms with van der Waals surface area (Å²) >= 11 is 0. The lowest BCUT2D eigenvalue weighted by molar-refractivity contribution is 0.437. The first-order valence-electron chi connectivity index (χ1n) is 5.93. The molecule has 2 heterocycles. The lowest BCUT2D eigenvalue weighted by Crippen LogP contribution is -2.02. The number of aromatic nitrogens is 1. The normalized spacial score (nSPS) is 17.6. The standard InChI is InChI=1S/C14H15NO.CH5N/c1-4-12-10(3)8-11-6-7-15-9-14(11)16-13(12)5-2;1-2/h4-7,9-10H,1-2,8H2,3H3;2H2,1H3. The molecule has 1 aromatic rings. The molecule has 1 aliphatic heterocycles. The van der Waals surface area contributed by atoms with Crippen molar-refractivity contribution in [3.8, 4) is 5.75 Å². The summed E-state index contributed by atoms with van der Waals surface area (Å²) in [6, 6.07) is 2.00. The van der Waals surface area contributed by atoms with Crippen LogP contribution in [0.3, 0.4) is 0 Å². The number of allylic oxidation sites excluding steroid dienone is 3. The molecule has 1 atom stereocenters. The summed E-state index contributed by atoms with van der Waals surface area (Å²) in [5.41, 5.74) is 6.78. The average Bonchev–Trinajstić information content (AvgIpc) is 2.56. The fourth-order valence-electron chi connectivity index (χ4n) is 1.99. The van der Waals surface area contributed by atoms with Crippen molar-refractivity contribution in [2.45, 2.75) is 13.3 Å². The highest BCUT2D eigenvalue weighted by Gasteiger charge is 2.19.